The van der Waals surface area contributed by atoms with Crippen LogP contribution in [0.3, 0.4) is 0 Å². The first-order valence-corrected chi connectivity index (χ1v) is 9.16. The van der Waals surface area contributed by atoms with Crippen LogP contribution in [-0.4, -0.2) is 38.4 Å². The van der Waals surface area contributed by atoms with E-state index in [0.29, 0.717) is 37.8 Å². The first kappa shape index (κ1) is 25.0. The highest BCUT2D eigenvalue weighted by Crippen LogP contribution is 2.20. The van der Waals surface area contributed by atoms with Gasteiger partial charge in [-0.1, -0.05) is 18.2 Å². The molecule has 0 bridgehead atoms. The van der Waals surface area contributed by atoms with Crippen LogP contribution in [0.4, 0.5) is 4.39 Å². The number of benzene rings is 2. The highest BCUT2D eigenvalue weighted by Gasteiger charge is 2.07. The smallest absolute Gasteiger partial charge is 0.191 e. The number of hydrogen-bond donors (Lipinski definition) is 3. The Labute approximate surface area is 188 Å². The lowest BCUT2D eigenvalue weighted by Crippen LogP contribution is -2.36. The highest BCUT2D eigenvalue weighted by atomic mass is 127. The molecular weight excluding hydrogens is 488 g/mol. The second-order valence-corrected chi connectivity index (χ2v) is 6.37. The standard InChI is InChI=1S/C21H28FN3O3.HI/c1-15-5-7-17(20(11-15)28-10-4-9-27-3)14-25-21(23-2)24-13-16-6-8-19(26)18(22)12-16;/h5-8,11-12,26H,4,9-10,13-14H2,1-3H3,(H2,23,24,25);1H. The number of aliphatic imine (C=N–C) groups is 1. The number of phenols is 1. The van der Waals surface area contributed by atoms with Gasteiger partial charge in [0.05, 0.1) is 6.61 Å². The summed E-state index contributed by atoms with van der Waals surface area (Å²) in [6.07, 6.45) is 0.823. The second-order valence-electron chi connectivity index (χ2n) is 6.37. The van der Waals surface area contributed by atoms with Gasteiger partial charge in [-0.3, -0.25) is 4.99 Å². The van der Waals surface area contributed by atoms with E-state index in [1.807, 2.05) is 25.1 Å². The maximum absolute atomic E-state index is 13.4. The molecule has 0 radical (unpaired) electrons. The molecule has 8 heteroatoms. The lowest BCUT2D eigenvalue weighted by Gasteiger charge is -2.15. The van der Waals surface area contributed by atoms with Crippen molar-refractivity contribution in [1.82, 2.24) is 10.6 Å². The molecule has 0 fully saturated rings. The van der Waals surface area contributed by atoms with E-state index < -0.39 is 5.82 Å². The first-order chi connectivity index (χ1) is 13.5. The maximum atomic E-state index is 13.4. The molecule has 0 saturated carbocycles. The molecule has 2 aromatic rings. The Kier molecular flexibility index (Phi) is 11.4. The number of aromatic hydroxyl groups is 1. The number of nitrogens with zero attached hydrogens (tertiary/aromatic N) is 1. The van der Waals surface area contributed by atoms with Gasteiger partial charge < -0.3 is 25.2 Å². The van der Waals surface area contributed by atoms with E-state index in [-0.39, 0.29) is 29.7 Å². The third-order valence-electron chi connectivity index (χ3n) is 4.11. The fraction of sp³-hybridized carbons (Fsp3) is 0.381. The van der Waals surface area contributed by atoms with E-state index in [4.69, 9.17) is 9.47 Å². The van der Waals surface area contributed by atoms with Gasteiger partial charge in [0.15, 0.2) is 17.5 Å². The second kappa shape index (κ2) is 13.2. The van der Waals surface area contributed by atoms with Gasteiger partial charge in [0.1, 0.15) is 5.75 Å². The number of hydrogen-bond acceptors (Lipinski definition) is 4. The van der Waals surface area contributed by atoms with Gasteiger partial charge in [0.25, 0.3) is 0 Å². The summed E-state index contributed by atoms with van der Waals surface area (Å²) < 4.78 is 24.4. The van der Waals surface area contributed by atoms with Crippen LogP contribution < -0.4 is 15.4 Å². The number of rotatable bonds is 9. The Morgan fingerprint density at radius 3 is 2.55 bits per heavy atom. The average molecular weight is 517 g/mol. The van der Waals surface area contributed by atoms with E-state index in [0.717, 1.165) is 23.3 Å². The number of ether oxygens (including phenoxy) is 2. The average Bonchev–Trinajstić information content (AvgIpc) is 2.69. The van der Waals surface area contributed by atoms with Gasteiger partial charge in [-0.15, -0.1) is 24.0 Å². The molecule has 6 nitrogen and oxygen atoms in total. The molecule has 29 heavy (non-hydrogen) atoms. The summed E-state index contributed by atoms with van der Waals surface area (Å²) in [6.45, 7) is 4.18. The quantitative estimate of drug-likeness (QED) is 0.205. The fourth-order valence-corrected chi connectivity index (χ4v) is 2.57. The number of phenolic OH excluding ortho intramolecular Hbond substituents is 1. The van der Waals surface area contributed by atoms with Crippen molar-refractivity contribution in [2.75, 3.05) is 27.4 Å². The molecule has 0 aliphatic rings. The Balaban J connectivity index is 0.00000420. The van der Waals surface area contributed by atoms with Gasteiger partial charge in [-0.25, -0.2) is 4.39 Å². The lowest BCUT2D eigenvalue weighted by molar-refractivity contribution is 0.171. The summed E-state index contributed by atoms with van der Waals surface area (Å²) in [7, 11) is 3.34. The minimum absolute atomic E-state index is 0. The predicted molar refractivity (Wildman–Crippen MR) is 124 cm³/mol. The largest absolute Gasteiger partial charge is 0.505 e. The van der Waals surface area contributed by atoms with Crippen LogP contribution >= 0.6 is 24.0 Å². The Hall–Kier alpha value is -2.07. The summed E-state index contributed by atoms with van der Waals surface area (Å²) in [5.74, 6) is 0.417. The first-order valence-electron chi connectivity index (χ1n) is 9.16. The maximum Gasteiger partial charge on any atom is 0.191 e. The van der Waals surface area contributed by atoms with Crippen molar-refractivity contribution < 1.29 is 19.0 Å². The third kappa shape index (κ3) is 8.45. The number of methoxy groups -OCH3 is 1. The van der Waals surface area contributed by atoms with Gasteiger partial charge in [0.2, 0.25) is 0 Å². The lowest BCUT2D eigenvalue weighted by atomic mass is 10.1. The molecule has 0 saturated heterocycles. The molecule has 2 aromatic carbocycles. The third-order valence-corrected chi connectivity index (χ3v) is 4.11. The molecule has 0 spiro atoms. The zero-order valence-corrected chi connectivity index (χ0v) is 19.3. The molecule has 0 aliphatic heterocycles. The summed E-state index contributed by atoms with van der Waals surface area (Å²) in [5.41, 5.74) is 2.85. The molecule has 3 N–H and O–H groups in total. The van der Waals surface area contributed by atoms with Crippen LogP contribution in [-0.2, 0) is 17.8 Å². The summed E-state index contributed by atoms with van der Waals surface area (Å²) in [4.78, 5) is 4.19. The van der Waals surface area contributed by atoms with Crippen molar-refractivity contribution >= 4 is 29.9 Å². The van der Waals surface area contributed by atoms with Crippen molar-refractivity contribution in [3.63, 3.8) is 0 Å². The Morgan fingerprint density at radius 1 is 1.10 bits per heavy atom. The molecule has 2 rings (SSSR count). The van der Waals surface area contributed by atoms with E-state index in [9.17, 15) is 9.50 Å². The summed E-state index contributed by atoms with van der Waals surface area (Å²) >= 11 is 0. The van der Waals surface area contributed by atoms with Crippen LogP contribution in [0.1, 0.15) is 23.1 Å². The van der Waals surface area contributed by atoms with E-state index in [1.54, 1.807) is 20.2 Å². The molecule has 0 unspecified atom stereocenters. The molecule has 0 atom stereocenters. The minimum Gasteiger partial charge on any atom is -0.505 e. The van der Waals surface area contributed by atoms with Crippen molar-refractivity contribution in [1.29, 1.82) is 0 Å². The van der Waals surface area contributed by atoms with E-state index in [2.05, 4.69) is 15.6 Å². The fourth-order valence-electron chi connectivity index (χ4n) is 2.57. The van der Waals surface area contributed by atoms with Crippen molar-refractivity contribution in [2.45, 2.75) is 26.4 Å². The van der Waals surface area contributed by atoms with Crippen molar-refractivity contribution in [2.24, 2.45) is 4.99 Å². The van der Waals surface area contributed by atoms with E-state index in [1.165, 1.54) is 12.1 Å². The van der Waals surface area contributed by atoms with Crippen LogP contribution in [0.2, 0.25) is 0 Å². The molecule has 160 valence electrons. The number of aryl methyl sites for hydroxylation is 1. The number of halogens is 2. The Bertz CT molecular complexity index is 803. The molecule has 0 aromatic heterocycles. The predicted octanol–water partition coefficient (Wildman–Crippen LogP) is 3.74. The van der Waals surface area contributed by atoms with Gasteiger partial charge in [-0.05, 0) is 36.2 Å². The van der Waals surface area contributed by atoms with Crippen molar-refractivity contribution in [3.05, 3.63) is 58.9 Å². The van der Waals surface area contributed by atoms with Gasteiger partial charge in [-0.2, -0.15) is 0 Å². The van der Waals surface area contributed by atoms with Crippen LogP contribution in [0, 0.1) is 12.7 Å². The van der Waals surface area contributed by atoms with Gasteiger partial charge in [0, 0.05) is 45.8 Å². The van der Waals surface area contributed by atoms with Crippen molar-refractivity contribution in [3.8, 4) is 11.5 Å². The molecule has 0 aliphatic carbocycles. The number of guanidine groups is 1. The number of nitrogens with one attached hydrogen (secondary N) is 2. The van der Waals surface area contributed by atoms with Crippen LogP contribution in [0.5, 0.6) is 11.5 Å². The summed E-state index contributed by atoms with van der Waals surface area (Å²) in [6, 6.07) is 10.4. The van der Waals surface area contributed by atoms with Crippen LogP contribution in [0.25, 0.3) is 0 Å². The zero-order valence-electron chi connectivity index (χ0n) is 17.0. The highest BCUT2D eigenvalue weighted by molar-refractivity contribution is 14.0. The molecular formula is C21H29FIN3O3. The summed E-state index contributed by atoms with van der Waals surface area (Å²) in [5, 5.41) is 15.6. The zero-order chi connectivity index (χ0) is 20.4. The van der Waals surface area contributed by atoms with E-state index >= 15 is 0 Å². The monoisotopic (exact) mass is 517 g/mol. The SMILES string of the molecule is CN=C(NCc1ccc(O)c(F)c1)NCc1ccc(C)cc1OCCCOC.I. The van der Waals surface area contributed by atoms with Gasteiger partial charge >= 0.3 is 0 Å². The van der Waals surface area contributed by atoms with Crippen LogP contribution in [0.15, 0.2) is 41.4 Å². The Morgan fingerprint density at radius 2 is 1.86 bits per heavy atom. The normalized spacial score (nSPS) is 11.0. The molecule has 0 heterocycles. The topological polar surface area (TPSA) is 75.1 Å². The minimum atomic E-state index is -0.642. The molecule has 0 amide bonds.